The number of benzene rings is 2. The summed E-state index contributed by atoms with van der Waals surface area (Å²) < 4.78 is 5.13. The number of urea groups is 1. The van der Waals surface area contributed by atoms with E-state index in [0.29, 0.717) is 23.8 Å². The normalized spacial score (nSPS) is 15.7. The van der Waals surface area contributed by atoms with Crippen LogP contribution in [0.2, 0.25) is 0 Å². The molecule has 1 saturated heterocycles. The quantitative estimate of drug-likeness (QED) is 0.563. The van der Waals surface area contributed by atoms with E-state index in [1.54, 1.807) is 31.4 Å². The summed E-state index contributed by atoms with van der Waals surface area (Å²) in [5.74, 6) is 0.474. The molecule has 0 aliphatic carbocycles. The van der Waals surface area contributed by atoms with Gasteiger partial charge in [0.15, 0.2) is 0 Å². The minimum Gasteiger partial charge on any atom is -0.497 e. The number of amides is 3. The average Bonchev–Trinajstić information content (AvgIpc) is 3.33. The number of hydrogen-bond acceptors (Lipinski definition) is 6. The molecule has 2 heterocycles. The summed E-state index contributed by atoms with van der Waals surface area (Å²) in [6, 6.07) is 12.9. The van der Waals surface area contributed by atoms with Crippen LogP contribution in [-0.4, -0.2) is 47.2 Å². The average molecular weight is 466 g/mol. The van der Waals surface area contributed by atoms with Gasteiger partial charge in [-0.1, -0.05) is 23.5 Å². The third-order valence-electron chi connectivity index (χ3n) is 5.89. The standard InChI is InChI=1S/C24H27N5O3S/c1-15-6-4-8-20(16(15)2)26-24(31)29-13-5-7-17(14-29)22-27-28-23(33-22)21(30)25-18-9-11-19(32-3)12-10-18/h4,6,8-12,17H,5,7,13-14H2,1-3H3,(H,25,30)(H,26,31)/t17-/m1/s1. The summed E-state index contributed by atoms with van der Waals surface area (Å²) in [5, 5.41) is 15.3. The van der Waals surface area contributed by atoms with Crippen molar-refractivity contribution in [2.24, 2.45) is 0 Å². The van der Waals surface area contributed by atoms with Crippen molar-refractivity contribution in [1.82, 2.24) is 15.1 Å². The topological polar surface area (TPSA) is 96.4 Å². The van der Waals surface area contributed by atoms with E-state index in [4.69, 9.17) is 4.74 Å². The molecular formula is C24H27N5O3S. The van der Waals surface area contributed by atoms with Gasteiger partial charge in [-0.05, 0) is 68.1 Å². The molecule has 0 unspecified atom stereocenters. The highest BCUT2D eigenvalue weighted by Crippen LogP contribution is 2.30. The molecule has 1 atom stereocenters. The molecule has 9 heteroatoms. The predicted octanol–water partition coefficient (Wildman–Crippen LogP) is 4.83. The van der Waals surface area contributed by atoms with Gasteiger partial charge in [-0.2, -0.15) is 0 Å². The maximum atomic E-state index is 12.9. The lowest BCUT2D eigenvalue weighted by molar-refractivity contribution is 0.102. The molecule has 2 aromatic carbocycles. The Morgan fingerprint density at radius 3 is 2.64 bits per heavy atom. The fraction of sp³-hybridized carbons (Fsp3) is 0.333. The lowest BCUT2D eigenvalue weighted by Gasteiger charge is -2.31. The summed E-state index contributed by atoms with van der Waals surface area (Å²) >= 11 is 1.28. The number of nitrogens with one attached hydrogen (secondary N) is 2. The Balaban J connectivity index is 1.38. The van der Waals surface area contributed by atoms with Gasteiger partial charge in [0, 0.05) is 30.4 Å². The maximum absolute atomic E-state index is 12.9. The smallest absolute Gasteiger partial charge is 0.321 e. The monoisotopic (exact) mass is 465 g/mol. The molecule has 1 aliphatic rings. The Kier molecular flexibility index (Phi) is 6.88. The molecule has 3 amide bonds. The van der Waals surface area contributed by atoms with Gasteiger partial charge >= 0.3 is 6.03 Å². The number of carbonyl (C=O) groups excluding carboxylic acids is 2. The van der Waals surface area contributed by atoms with Gasteiger partial charge in [-0.3, -0.25) is 4.79 Å². The van der Waals surface area contributed by atoms with Crippen LogP contribution in [-0.2, 0) is 0 Å². The highest BCUT2D eigenvalue weighted by Gasteiger charge is 2.28. The van der Waals surface area contributed by atoms with E-state index in [2.05, 4.69) is 20.8 Å². The van der Waals surface area contributed by atoms with Crippen LogP contribution in [0.15, 0.2) is 42.5 Å². The first-order valence-electron chi connectivity index (χ1n) is 10.9. The predicted molar refractivity (Wildman–Crippen MR) is 129 cm³/mol. The number of likely N-dealkylation sites (tertiary alicyclic amines) is 1. The molecule has 0 spiro atoms. The van der Waals surface area contributed by atoms with E-state index in [1.807, 2.05) is 36.9 Å². The van der Waals surface area contributed by atoms with Crippen LogP contribution >= 0.6 is 11.3 Å². The molecule has 3 aromatic rings. The van der Waals surface area contributed by atoms with Crippen molar-refractivity contribution < 1.29 is 14.3 Å². The van der Waals surface area contributed by atoms with Gasteiger partial charge < -0.3 is 20.3 Å². The first-order valence-corrected chi connectivity index (χ1v) is 11.7. The van der Waals surface area contributed by atoms with Crippen molar-refractivity contribution in [3.05, 3.63) is 63.6 Å². The van der Waals surface area contributed by atoms with Crippen molar-refractivity contribution in [2.75, 3.05) is 30.8 Å². The number of rotatable bonds is 5. The molecule has 4 rings (SSSR count). The zero-order valence-corrected chi connectivity index (χ0v) is 19.7. The zero-order chi connectivity index (χ0) is 23.4. The third-order valence-corrected chi connectivity index (χ3v) is 6.97. The Hall–Kier alpha value is -3.46. The first-order chi connectivity index (χ1) is 15.9. The highest BCUT2D eigenvalue weighted by atomic mass is 32.1. The Labute approximate surface area is 197 Å². The summed E-state index contributed by atoms with van der Waals surface area (Å²) in [6.45, 7) is 5.27. The lowest BCUT2D eigenvalue weighted by Crippen LogP contribution is -2.41. The van der Waals surface area contributed by atoms with Crippen molar-refractivity contribution in [3.63, 3.8) is 0 Å². The number of aromatic nitrogens is 2. The summed E-state index contributed by atoms with van der Waals surface area (Å²) in [5.41, 5.74) is 3.69. The largest absolute Gasteiger partial charge is 0.497 e. The van der Waals surface area contributed by atoms with Crippen LogP contribution in [0.5, 0.6) is 5.75 Å². The van der Waals surface area contributed by atoms with Gasteiger partial charge in [0.25, 0.3) is 5.91 Å². The van der Waals surface area contributed by atoms with E-state index in [9.17, 15) is 9.59 Å². The fourth-order valence-corrected chi connectivity index (χ4v) is 4.66. The van der Waals surface area contributed by atoms with Crippen LogP contribution in [0.4, 0.5) is 16.2 Å². The van der Waals surface area contributed by atoms with E-state index in [1.165, 1.54) is 11.3 Å². The third kappa shape index (κ3) is 5.31. The summed E-state index contributed by atoms with van der Waals surface area (Å²) in [4.78, 5) is 27.3. The van der Waals surface area contributed by atoms with Gasteiger partial charge in [0.05, 0.1) is 7.11 Å². The summed E-state index contributed by atoms with van der Waals surface area (Å²) in [7, 11) is 1.59. The fourth-order valence-electron chi connectivity index (χ4n) is 3.79. The van der Waals surface area contributed by atoms with Crippen LogP contribution < -0.4 is 15.4 Å². The minimum absolute atomic E-state index is 0.0585. The van der Waals surface area contributed by atoms with Crippen molar-refractivity contribution in [2.45, 2.75) is 32.6 Å². The van der Waals surface area contributed by atoms with Gasteiger partial charge in [0.2, 0.25) is 5.01 Å². The van der Waals surface area contributed by atoms with E-state index >= 15 is 0 Å². The van der Waals surface area contributed by atoms with Crippen LogP contribution in [0, 0.1) is 13.8 Å². The minimum atomic E-state index is -0.302. The number of nitrogens with zero attached hydrogens (tertiary/aromatic N) is 3. The Morgan fingerprint density at radius 1 is 1.09 bits per heavy atom. The van der Waals surface area contributed by atoms with Crippen LogP contribution in [0.1, 0.15) is 44.7 Å². The van der Waals surface area contributed by atoms with Gasteiger partial charge in [-0.25, -0.2) is 4.79 Å². The molecule has 8 nitrogen and oxygen atoms in total. The highest BCUT2D eigenvalue weighted by molar-refractivity contribution is 7.13. The first kappa shape index (κ1) is 22.7. The van der Waals surface area contributed by atoms with E-state index < -0.39 is 0 Å². The molecule has 1 aliphatic heterocycles. The number of aryl methyl sites for hydroxylation is 1. The number of anilines is 2. The SMILES string of the molecule is COc1ccc(NC(=O)c2nnc([C@@H]3CCCN(C(=O)Nc4cccc(C)c4C)C3)s2)cc1. The Morgan fingerprint density at radius 2 is 1.88 bits per heavy atom. The number of methoxy groups -OCH3 is 1. The molecule has 0 saturated carbocycles. The van der Waals surface area contributed by atoms with Crippen LogP contribution in [0.3, 0.4) is 0 Å². The number of piperidine rings is 1. The second-order valence-electron chi connectivity index (χ2n) is 8.09. The second kappa shape index (κ2) is 9.99. The van der Waals surface area contributed by atoms with E-state index in [0.717, 1.165) is 40.4 Å². The van der Waals surface area contributed by atoms with Crippen molar-refractivity contribution >= 4 is 34.6 Å². The number of hydrogen-bond donors (Lipinski definition) is 2. The van der Waals surface area contributed by atoms with Gasteiger partial charge in [0.1, 0.15) is 10.8 Å². The van der Waals surface area contributed by atoms with Crippen molar-refractivity contribution in [1.29, 1.82) is 0 Å². The molecule has 172 valence electrons. The van der Waals surface area contributed by atoms with E-state index in [-0.39, 0.29) is 17.9 Å². The summed E-state index contributed by atoms with van der Waals surface area (Å²) in [6.07, 6.45) is 1.78. The molecule has 0 bridgehead atoms. The molecule has 2 N–H and O–H groups in total. The molecule has 0 radical (unpaired) electrons. The zero-order valence-electron chi connectivity index (χ0n) is 18.9. The molecule has 1 fully saturated rings. The molecule has 1 aromatic heterocycles. The molecule has 33 heavy (non-hydrogen) atoms. The maximum Gasteiger partial charge on any atom is 0.321 e. The number of ether oxygens (including phenoxy) is 1. The van der Waals surface area contributed by atoms with Gasteiger partial charge in [-0.15, -0.1) is 10.2 Å². The Bertz CT molecular complexity index is 1150. The van der Waals surface area contributed by atoms with Crippen molar-refractivity contribution in [3.8, 4) is 5.75 Å². The molecular weight excluding hydrogens is 438 g/mol. The second-order valence-corrected chi connectivity index (χ2v) is 9.10. The number of carbonyl (C=O) groups is 2. The lowest BCUT2D eigenvalue weighted by atomic mass is 9.99. The van der Waals surface area contributed by atoms with Crippen LogP contribution in [0.25, 0.3) is 0 Å².